The van der Waals surface area contributed by atoms with Crippen LogP contribution in [0.1, 0.15) is 5.56 Å². The van der Waals surface area contributed by atoms with E-state index in [0.717, 1.165) is 22.5 Å². The van der Waals surface area contributed by atoms with E-state index in [-0.39, 0.29) is 5.75 Å². The van der Waals surface area contributed by atoms with Gasteiger partial charge in [0.1, 0.15) is 5.75 Å². The molecule has 132 valence electrons. The normalized spacial score (nSPS) is 10.6. The van der Waals surface area contributed by atoms with Crippen molar-refractivity contribution in [1.29, 1.82) is 0 Å². The number of anilines is 2. The van der Waals surface area contributed by atoms with Gasteiger partial charge in [0, 0.05) is 11.4 Å². The number of nitrogens with one attached hydrogen (secondary N) is 1. The molecular weight excluding hydrogens is 330 g/mol. The Morgan fingerprint density at radius 2 is 0.815 bits per heavy atom. The van der Waals surface area contributed by atoms with Gasteiger partial charge in [0.2, 0.25) is 0 Å². The van der Waals surface area contributed by atoms with E-state index in [0.29, 0.717) is 0 Å². The minimum Gasteiger partial charge on any atom is -0.508 e. The second-order valence-electron chi connectivity index (χ2n) is 6.69. The van der Waals surface area contributed by atoms with Crippen LogP contribution >= 0.6 is 0 Å². The molecule has 0 saturated carbocycles. The zero-order chi connectivity index (χ0) is 18.6. The Morgan fingerprint density at radius 3 is 1.22 bits per heavy atom. The van der Waals surface area contributed by atoms with Crippen LogP contribution in [0.2, 0.25) is 0 Å². The molecule has 0 aromatic heterocycles. The van der Waals surface area contributed by atoms with Crippen LogP contribution in [-0.2, 0) is 0 Å². The first-order chi connectivity index (χ1) is 13.2. The smallest absolute Gasteiger partial charge is 0.115 e. The fraction of sp³-hybridized carbons (Fsp3) is 0.0400. The molecule has 2 heteroatoms. The first-order valence-electron chi connectivity index (χ1n) is 9.01. The maximum atomic E-state index is 9.41. The van der Waals surface area contributed by atoms with Crippen LogP contribution in [0.25, 0.3) is 22.3 Å². The first kappa shape index (κ1) is 16.9. The molecule has 0 bridgehead atoms. The molecule has 0 saturated heterocycles. The molecular formula is C25H21NO. The Balaban J connectivity index is 1.47. The van der Waals surface area contributed by atoms with Gasteiger partial charge in [-0.1, -0.05) is 66.2 Å². The minimum atomic E-state index is 0.283. The van der Waals surface area contributed by atoms with Crippen molar-refractivity contribution in [2.75, 3.05) is 5.32 Å². The number of phenols is 1. The van der Waals surface area contributed by atoms with Gasteiger partial charge in [-0.2, -0.15) is 0 Å². The monoisotopic (exact) mass is 351 g/mol. The lowest BCUT2D eigenvalue weighted by Gasteiger charge is -2.09. The summed E-state index contributed by atoms with van der Waals surface area (Å²) in [5.41, 5.74) is 8.02. The van der Waals surface area contributed by atoms with Crippen molar-refractivity contribution in [3.05, 3.63) is 103 Å². The van der Waals surface area contributed by atoms with Crippen LogP contribution in [-0.4, -0.2) is 5.11 Å². The number of phenolic OH excluding ortho intramolecular Hbond substituents is 1. The van der Waals surface area contributed by atoms with Crippen molar-refractivity contribution < 1.29 is 5.11 Å². The summed E-state index contributed by atoms with van der Waals surface area (Å²) in [4.78, 5) is 0. The summed E-state index contributed by atoms with van der Waals surface area (Å²) in [6, 6.07) is 32.6. The van der Waals surface area contributed by atoms with Gasteiger partial charge in [0.25, 0.3) is 0 Å². The molecule has 0 aliphatic carbocycles. The highest BCUT2D eigenvalue weighted by Crippen LogP contribution is 2.26. The van der Waals surface area contributed by atoms with Crippen molar-refractivity contribution in [3.8, 4) is 28.0 Å². The summed E-state index contributed by atoms with van der Waals surface area (Å²) < 4.78 is 0. The van der Waals surface area contributed by atoms with E-state index >= 15 is 0 Å². The van der Waals surface area contributed by atoms with E-state index in [4.69, 9.17) is 0 Å². The lowest BCUT2D eigenvalue weighted by molar-refractivity contribution is 0.475. The van der Waals surface area contributed by atoms with Gasteiger partial charge in [0.15, 0.2) is 0 Å². The fourth-order valence-corrected chi connectivity index (χ4v) is 3.06. The molecule has 0 heterocycles. The number of rotatable bonds is 4. The Morgan fingerprint density at radius 1 is 0.481 bits per heavy atom. The van der Waals surface area contributed by atoms with E-state index in [2.05, 4.69) is 85.0 Å². The maximum absolute atomic E-state index is 9.41. The first-order valence-corrected chi connectivity index (χ1v) is 9.01. The zero-order valence-corrected chi connectivity index (χ0v) is 15.2. The molecule has 0 amide bonds. The minimum absolute atomic E-state index is 0.283. The van der Waals surface area contributed by atoms with Crippen molar-refractivity contribution >= 4 is 11.4 Å². The number of hydrogen-bond acceptors (Lipinski definition) is 2. The summed E-state index contributed by atoms with van der Waals surface area (Å²) in [6.45, 7) is 2.10. The van der Waals surface area contributed by atoms with Crippen LogP contribution in [0.3, 0.4) is 0 Å². The summed E-state index contributed by atoms with van der Waals surface area (Å²) in [7, 11) is 0. The Kier molecular flexibility index (Phi) is 4.63. The Bertz CT molecular complexity index is 929. The number of benzene rings is 4. The van der Waals surface area contributed by atoms with Crippen LogP contribution in [0.5, 0.6) is 5.75 Å². The van der Waals surface area contributed by atoms with E-state index < -0.39 is 0 Å². The molecule has 0 spiro atoms. The number of aromatic hydroxyl groups is 1. The van der Waals surface area contributed by atoms with E-state index in [9.17, 15) is 5.11 Å². The molecule has 4 aromatic carbocycles. The van der Waals surface area contributed by atoms with Crippen molar-refractivity contribution in [2.45, 2.75) is 6.92 Å². The predicted molar refractivity (Wildman–Crippen MR) is 113 cm³/mol. The van der Waals surface area contributed by atoms with Gasteiger partial charge in [-0.05, 0) is 65.6 Å². The molecule has 0 unspecified atom stereocenters. The maximum Gasteiger partial charge on any atom is 0.115 e. The quantitative estimate of drug-likeness (QED) is 0.425. The van der Waals surface area contributed by atoms with Gasteiger partial charge in [-0.15, -0.1) is 0 Å². The average molecular weight is 351 g/mol. The third kappa shape index (κ3) is 4.01. The van der Waals surface area contributed by atoms with Gasteiger partial charge >= 0.3 is 0 Å². The third-order valence-corrected chi connectivity index (χ3v) is 4.64. The van der Waals surface area contributed by atoms with E-state index in [1.165, 1.54) is 16.7 Å². The molecule has 0 radical (unpaired) electrons. The van der Waals surface area contributed by atoms with Gasteiger partial charge in [-0.3, -0.25) is 0 Å². The molecule has 27 heavy (non-hydrogen) atoms. The van der Waals surface area contributed by atoms with Gasteiger partial charge in [0.05, 0.1) is 0 Å². The highest BCUT2D eigenvalue weighted by Gasteiger charge is 2.01. The summed E-state index contributed by atoms with van der Waals surface area (Å²) in [5, 5.41) is 12.8. The van der Waals surface area contributed by atoms with Crippen LogP contribution < -0.4 is 5.32 Å². The third-order valence-electron chi connectivity index (χ3n) is 4.64. The van der Waals surface area contributed by atoms with E-state index in [1.54, 1.807) is 12.1 Å². The second kappa shape index (κ2) is 7.38. The SMILES string of the molecule is Cc1ccc(-c2ccc(Nc3ccc(-c4ccc(O)cc4)cc3)cc2)cc1. The average Bonchev–Trinajstić information content (AvgIpc) is 2.71. The second-order valence-corrected chi connectivity index (χ2v) is 6.69. The van der Waals surface area contributed by atoms with Crippen LogP contribution in [0, 0.1) is 6.92 Å². The molecule has 0 atom stereocenters. The van der Waals surface area contributed by atoms with Crippen molar-refractivity contribution in [2.24, 2.45) is 0 Å². The van der Waals surface area contributed by atoms with Crippen LogP contribution in [0.15, 0.2) is 97.1 Å². The van der Waals surface area contributed by atoms with Crippen molar-refractivity contribution in [3.63, 3.8) is 0 Å². The molecule has 4 rings (SSSR count). The standard InChI is InChI=1S/C25H21NO/c1-18-2-4-19(5-3-18)20-6-12-23(13-7-20)26-24-14-8-21(9-15-24)22-10-16-25(27)17-11-22/h2-17,26-27H,1H3. The molecule has 0 aliphatic heterocycles. The molecule has 0 fully saturated rings. The molecule has 0 aliphatic rings. The topological polar surface area (TPSA) is 32.3 Å². The van der Waals surface area contributed by atoms with Crippen molar-refractivity contribution in [1.82, 2.24) is 0 Å². The molecule has 2 N–H and O–H groups in total. The van der Waals surface area contributed by atoms with Gasteiger partial charge < -0.3 is 10.4 Å². The highest BCUT2D eigenvalue weighted by atomic mass is 16.3. The number of aryl methyl sites for hydroxylation is 1. The predicted octanol–water partition coefficient (Wildman–Crippen LogP) is 6.78. The van der Waals surface area contributed by atoms with Crippen LogP contribution in [0.4, 0.5) is 11.4 Å². The summed E-state index contributed by atoms with van der Waals surface area (Å²) in [6.07, 6.45) is 0. The zero-order valence-electron chi connectivity index (χ0n) is 15.2. The summed E-state index contributed by atoms with van der Waals surface area (Å²) in [5.74, 6) is 0.283. The lowest BCUT2D eigenvalue weighted by Crippen LogP contribution is -1.90. The lowest BCUT2D eigenvalue weighted by atomic mass is 10.0. The number of hydrogen-bond donors (Lipinski definition) is 2. The fourth-order valence-electron chi connectivity index (χ4n) is 3.06. The molecule has 2 nitrogen and oxygen atoms in total. The highest BCUT2D eigenvalue weighted by molar-refractivity contribution is 5.71. The Hall–Kier alpha value is -3.52. The Labute approximate surface area is 159 Å². The largest absolute Gasteiger partial charge is 0.508 e. The van der Waals surface area contributed by atoms with E-state index in [1.807, 2.05) is 12.1 Å². The molecule has 4 aromatic rings. The summed E-state index contributed by atoms with van der Waals surface area (Å²) >= 11 is 0. The van der Waals surface area contributed by atoms with Gasteiger partial charge in [-0.25, -0.2) is 0 Å².